The van der Waals surface area contributed by atoms with Crippen molar-refractivity contribution in [3.8, 4) is 0 Å². The highest BCUT2D eigenvalue weighted by Gasteiger charge is 2.37. The van der Waals surface area contributed by atoms with Crippen LogP contribution in [0.25, 0.3) is 10.9 Å². The smallest absolute Gasteiger partial charge is 0.341 e. The number of hydrogen-bond acceptors (Lipinski definition) is 6. The number of aromatic nitrogens is 1. The number of nitrogens with zero attached hydrogens (tertiary/aromatic N) is 3. The second-order valence-corrected chi connectivity index (χ2v) is 8.28. The summed E-state index contributed by atoms with van der Waals surface area (Å²) in [6, 6.07) is 0.805. The Kier molecular flexibility index (Phi) is 5.20. The van der Waals surface area contributed by atoms with Crippen molar-refractivity contribution in [2.24, 2.45) is 10.9 Å². The number of pyridine rings is 1. The molecule has 1 aromatic heterocycles. The summed E-state index contributed by atoms with van der Waals surface area (Å²) in [6.45, 7) is 4.25. The van der Waals surface area contributed by atoms with Gasteiger partial charge in [-0.05, 0) is 32.8 Å². The molecular weight excluding hydrogens is 410 g/mol. The highest BCUT2D eigenvalue weighted by molar-refractivity contribution is 5.96. The number of halogens is 2. The number of anilines is 1. The highest BCUT2D eigenvalue weighted by atomic mass is 19.1. The van der Waals surface area contributed by atoms with Crippen molar-refractivity contribution in [2.75, 3.05) is 24.6 Å². The van der Waals surface area contributed by atoms with Gasteiger partial charge in [-0.15, -0.1) is 0 Å². The topological polar surface area (TPSA) is 110 Å². The fourth-order valence-electron chi connectivity index (χ4n) is 4.09. The molecule has 2 aromatic rings. The van der Waals surface area contributed by atoms with Crippen LogP contribution in [0, 0.1) is 11.6 Å². The Morgan fingerprint density at radius 3 is 2.71 bits per heavy atom. The number of piperidine rings is 1. The predicted molar refractivity (Wildman–Crippen MR) is 112 cm³/mol. The van der Waals surface area contributed by atoms with Crippen LogP contribution in [-0.2, 0) is 4.84 Å². The van der Waals surface area contributed by atoms with Gasteiger partial charge in [0.2, 0.25) is 5.43 Å². The van der Waals surface area contributed by atoms with Crippen LogP contribution in [0.4, 0.5) is 14.5 Å². The normalized spacial score (nSPS) is 22.9. The van der Waals surface area contributed by atoms with Crippen molar-refractivity contribution < 1.29 is 23.5 Å². The first-order valence-electron chi connectivity index (χ1n) is 10.2. The molecule has 2 heterocycles. The minimum Gasteiger partial charge on any atom is -0.477 e. The average molecular weight is 434 g/mol. The molecule has 1 saturated carbocycles. The van der Waals surface area contributed by atoms with Crippen LogP contribution in [0.1, 0.15) is 49.5 Å². The average Bonchev–Trinajstić information content (AvgIpc) is 3.52. The van der Waals surface area contributed by atoms with E-state index in [2.05, 4.69) is 5.16 Å². The standard InChI is InChI=1S/C21H24F2N4O4/c1-3-31-25-15-6-7-26(10-21(15,2)24)18-14(22)8-12-17(16(18)23)27(11-4-5-11)9-13(19(12)28)20(29)30/h8-9,11H,3-7,10,24H2,1-2H3,(H,29,30)/b25-15-. The van der Waals surface area contributed by atoms with E-state index in [1.54, 1.807) is 13.8 Å². The molecule has 0 radical (unpaired) electrons. The lowest BCUT2D eigenvalue weighted by Crippen LogP contribution is -2.59. The van der Waals surface area contributed by atoms with Crippen LogP contribution < -0.4 is 16.1 Å². The molecule has 2 fully saturated rings. The van der Waals surface area contributed by atoms with E-state index < -0.39 is 34.1 Å². The second-order valence-electron chi connectivity index (χ2n) is 8.28. The van der Waals surface area contributed by atoms with Gasteiger partial charge >= 0.3 is 5.97 Å². The van der Waals surface area contributed by atoms with Crippen LogP contribution in [0.15, 0.2) is 22.2 Å². The Labute approximate surface area is 176 Å². The lowest BCUT2D eigenvalue weighted by Gasteiger charge is -2.40. The zero-order valence-electron chi connectivity index (χ0n) is 17.3. The monoisotopic (exact) mass is 434 g/mol. The maximum atomic E-state index is 15.7. The minimum atomic E-state index is -1.43. The van der Waals surface area contributed by atoms with Crippen molar-refractivity contribution in [1.29, 1.82) is 0 Å². The molecule has 0 amide bonds. The number of hydrogen-bond donors (Lipinski definition) is 2. The fourth-order valence-corrected chi connectivity index (χ4v) is 4.09. The summed E-state index contributed by atoms with van der Waals surface area (Å²) >= 11 is 0. The second kappa shape index (κ2) is 7.60. The summed E-state index contributed by atoms with van der Waals surface area (Å²) in [4.78, 5) is 30.7. The number of carboxylic acids is 1. The van der Waals surface area contributed by atoms with Gasteiger partial charge in [-0.3, -0.25) is 4.79 Å². The molecule has 3 N–H and O–H groups in total. The van der Waals surface area contributed by atoms with Crippen molar-refractivity contribution in [2.45, 2.75) is 44.7 Å². The van der Waals surface area contributed by atoms with E-state index in [1.807, 2.05) is 0 Å². The molecular formula is C21H24F2N4O4. The molecule has 10 heteroatoms. The predicted octanol–water partition coefficient (Wildman–Crippen LogP) is 2.63. The van der Waals surface area contributed by atoms with E-state index in [-0.39, 0.29) is 35.7 Å². The number of aromatic carboxylic acids is 1. The van der Waals surface area contributed by atoms with E-state index in [9.17, 15) is 14.7 Å². The third-order valence-electron chi connectivity index (χ3n) is 5.77. The Hall–Kier alpha value is -3.01. The van der Waals surface area contributed by atoms with Gasteiger partial charge in [0.15, 0.2) is 5.82 Å². The molecule has 1 saturated heterocycles. The van der Waals surface area contributed by atoms with Gasteiger partial charge < -0.3 is 25.1 Å². The molecule has 1 aliphatic heterocycles. The molecule has 31 heavy (non-hydrogen) atoms. The number of carboxylic acid groups (broad SMARTS) is 1. The van der Waals surface area contributed by atoms with E-state index in [0.29, 0.717) is 18.7 Å². The van der Waals surface area contributed by atoms with Gasteiger partial charge in [0.05, 0.1) is 22.2 Å². The molecule has 166 valence electrons. The Bertz CT molecular complexity index is 1150. The highest BCUT2D eigenvalue weighted by Crippen LogP contribution is 2.40. The molecule has 1 aromatic carbocycles. The number of oxime groups is 1. The zero-order chi connectivity index (χ0) is 22.5. The van der Waals surface area contributed by atoms with Crippen LogP contribution in [0.3, 0.4) is 0 Å². The molecule has 4 rings (SSSR count). The SMILES string of the molecule is CCO/N=C1/CCN(c2c(F)cc3c(=O)c(C(=O)O)cn(C4CC4)c3c2F)CC1(C)N. The first kappa shape index (κ1) is 21.2. The van der Waals surface area contributed by atoms with Gasteiger partial charge in [-0.2, -0.15) is 0 Å². The summed E-state index contributed by atoms with van der Waals surface area (Å²) < 4.78 is 32.3. The summed E-state index contributed by atoms with van der Waals surface area (Å²) in [6.07, 6.45) is 2.97. The molecule has 1 atom stereocenters. The summed E-state index contributed by atoms with van der Waals surface area (Å²) in [5.74, 6) is -3.26. The summed E-state index contributed by atoms with van der Waals surface area (Å²) in [5, 5.41) is 13.1. The van der Waals surface area contributed by atoms with E-state index in [1.165, 1.54) is 9.47 Å². The maximum absolute atomic E-state index is 15.7. The van der Waals surface area contributed by atoms with Gasteiger partial charge in [0.25, 0.3) is 0 Å². The number of nitrogens with two attached hydrogens (primary N) is 1. The Balaban J connectivity index is 1.85. The quantitative estimate of drug-likeness (QED) is 0.700. The van der Waals surface area contributed by atoms with Crippen molar-refractivity contribution in [3.63, 3.8) is 0 Å². The van der Waals surface area contributed by atoms with Crippen molar-refractivity contribution in [3.05, 3.63) is 39.7 Å². The number of carbonyl (C=O) groups is 1. The summed E-state index contributed by atoms with van der Waals surface area (Å²) in [7, 11) is 0. The maximum Gasteiger partial charge on any atom is 0.341 e. The summed E-state index contributed by atoms with van der Waals surface area (Å²) in [5.41, 5.74) is 4.22. The molecule has 1 aliphatic carbocycles. The van der Waals surface area contributed by atoms with Gasteiger partial charge in [-0.25, -0.2) is 13.6 Å². The minimum absolute atomic E-state index is 0.0820. The lowest BCUT2D eigenvalue weighted by atomic mass is 9.89. The van der Waals surface area contributed by atoms with Gasteiger partial charge in [0.1, 0.15) is 23.7 Å². The lowest BCUT2D eigenvalue weighted by molar-refractivity contribution is 0.0694. The molecule has 8 nitrogen and oxygen atoms in total. The third kappa shape index (κ3) is 3.65. The van der Waals surface area contributed by atoms with Crippen LogP contribution >= 0.6 is 0 Å². The molecule has 0 bridgehead atoms. The largest absolute Gasteiger partial charge is 0.477 e. The van der Waals surface area contributed by atoms with Gasteiger partial charge in [0, 0.05) is 31.7 Å². The van der Waals surface area contributed by atoms with E-state index in [4.69, 9.17) is 10.6 Å². The Morgan fingerprint density at radius 1 is 1.42 bits per heavy atom. The van der Waals surface area contributed by atoms with Crippen LogP contribution in [-0.4, -0.2) is 46.6 Å². The van der Waals surface area contributed by atoms with Crippen LogP contribution in [0.2, 0.25) is 0 Å². The van der Waals surface area contributed by atoms with Crippen molar-refractivity contribution in [1.82, 2.24) is 4.57 Å². The number of fused-ring (bicyclic) bond motifs is 1. The Morgan fingerprint density at radius 2 is 2.13 bits per heavy atom. The number of benzene rings is 1. The van der Waals surface area contributed by atoms with Crippen molar-refractivity contribution >= 4 is 28.3 Å². The number of rotatable bonds is 5. The van der Waals surface area contributed by atoms with Gasteiger partial charge in [-0.1, -0.05) is 5.16 Å². The van der Waals surface area contributed by atoms with E-state index in [0.717, 1.165) is 25.1 Å². The van der Waals surface area contributed by atoms with E-state index >= 15 is 8.78 Å². The molecule has 1 unspecified atom stereocenters. The first-order valence-corrected chi connectivity index (χ1v) is 10.2. The van der Waals surface area contributed by atoms with Crippen LogP contribution in [0.5, 0.6) is 0 Å². The third-order valence-corrected chi connectivity index (χ3v) is 5.77. The molecule has 2 aliphatic rings. The fraction of sp³-hybridized carbons (Fsp3) is 0.476. The molecule has 0 spiro atoms. The first-order chi connectivity index (χ1) is 14.7. The zero-order valence-corrected chi connectivity index (χ0v) is 17.3.